The van der Waals surface area contributed by atoms with E-state index in [2.05, 4.69) is 5.32 Å². The standard InChI is InChI=1S/C14H17ClFN3O2/c1-8(17)6-13(20)18-12-4-5-19(14(12)21)9-2-3-11(16)10(15)7-9/h2-3,7-8,12H,4-6,17H2,1H3,(H,18,20). The molecule has 3 N–H and O–H groups in total. The molecule has 2 rings (SSSR count). The molecule has 0 aromatic heterocycles. The molecule has 1 saturated heterocycles. The van der Waals surface area contributed by atoms with E-state index in [4.69, 9.17) is 17.3 Å². The summed E-state index contributed by atoms with van der Waals surface area (Å²) in [5, 5.41) is 2.63. The zero-order chi connectivity index (χ0) is 15.6. The predicted octanol–water partition coefficient (Wildman–Crippen LogP) is 1.44. The van der Waals surface area contributed by atoms with Crippen LogP contribution in [0.4, 0.5) is 10.1 Å². The normalized spacial score (nSPS) is 19.7. The highest BCUT2D eigenvalue weighted by Gasteiger charge is 2.33. The molecule has 21 heavy (non-hydrogen) atoms. The van der Waals surface area contributed by atoms with Gasteiger partial charge < -0.3 is 16.0 Å². The summed E-state index contributed by atoms with van der Waals surface area (Å²) in [6, 6.07) is 3.28. The number of carbonyl (C=O) groups is 2. The first-order valence-electron chi connectivity index (χ1n) is 6.70. The topological polar surface area (TPSA) is 75.4 Å². The van der Waals surface area contributed by atoms with E-state index in [1.807, 2.05) is 0 Å². The number of benzene rings is 1. The van der Waals surface area contributed by atoms with E-state index in [1.165, 1.54) is 23.1 Å². The minimum absolute atomic E-state index is 0.0373. The van der Waals surface area contributed by atoms with Crippen molar-refractivity contribution in [2.24, 2.45) is 5.73 Å². The number of carbonyl (C=O) groups excluding carboxylic acids is 2. The lowest BCUT2D eigenvalue weighted by Gasteiger charge is -2.18. The Morgan fingerprint density at radius 1 is 1.62 bits per heavy atom. The Hall–Kier alpha value is -1.66. The molecule has 2 amide bonds. The van der Waals surface area contributed by atoms with Crippen LogP contribution in [0.1, 0.15) is 19.8 Å². The number of nitrogens with one attached hydrogen (secondary N) is 1. The van der Waals surface area contributed by atoms with Crippen LogP contribution in [0.2, 0.25) is 5.02 Å². The van der Waals surface area contributed by atoms with Gasteiger partial charge in [0.05, 0.1) is 5.02 Å². The third kappa shape index (κ3) is 3.71. The van der Waals surface area contributed by atoms with Gasteiger partial charge in [-0.05, 0) is 31.5 Å². The summed E-state index contributed by atoms with van der Waals surface area (Å²) in [5.41, 5.74) is 6.07. The molecule has 2 atom stereocenters. The fourth-order valence-electron chi connectivity index (χ4n) is 2.27. The average molecular weight is 314 g/mol. The maximum absolute atomic E-state index is 13.1. The summed E-state index contributed by atoms with van der Waals surface area (Å²) in [4.78, 5) is 25.4. The zero-order valence-corrected chi connectivity index (χ0v) is 12.4. The Balaban J connectivity index is 2.04. The Kier molecular flexibility index (Phi) is 4.80. The van der Waals surface area contributed by atoms with E-state index in [0.717, 1.165) is 0 Å². The van der Waals surface area contributed by atoms with Crippen molar-refractivity contribution in [3.63, 3.8) is 0 Å². The molecular weight excluding hydrogens is 297 g/mol. The molecule has 1 aromatic rings. The van der Waals surface area contributed by atoms with Crippen molar-refractivity contribution in [2.75, 3.05) is 11.4 Å². The molecule has 1 heterocycles. The van der Waals surface area contributed by atoms with Gasteiger partial charge in [-0.1, -0.05) is 11.6 Å². The van der Waals surface area contributed by atoms with Gasteiger partial charge in [0.1, 0.15) is 11.9 Å². The van der Waals surface area contributed by atoms with Crippen LogP contribution >= 0.6 is 11.6 Å². The number of hydrogen-bond acceptors (Lipinski definition) is 3. The van der Waals surface area contributed by atoms with Crippen molar-refractivity contribution >= 4 is 29.1 Å². The van der Waals surface area contributed by atoms with Gasteiger partial charge in [0, 0.05) is 24.7 Å². The quantitative estimate of drug-likeness (QED) is 0.883. The number of nitrogens with zero attached hydrogens (tertiary/aromatic N) is 1. The van der Waals surface area contributed by atoms with Crippen molar-refractivity contribution in [3.8, 4) is 0 Å². The largest absolute Gasteiger partial charge is 0.344 e. The van der Waals surface area contributed by atoms with E-state index in [1.54, 1.807) is 6.92 Å². The number of nitrogens with two attached hydrogens (primary N) is 1. The number of hydrogen-bond donors (Lipinski definition) is 2. The highest BCUT2D eigenvalue weighted by atomic mass is 35.5. The Morgan fingerprint density at radius 3 is 2.95 bits per heavy atom. The van der Waals surface area contributed by atoms with Crippen LogP contribution < -0.4 is 16.0 Å². The number of halogens is 2. The minimum atomic E-state index is -0.569. The van der Waals surface area contributed by atoms with Gasteiger partial charge in [0.2, 0.25) is 11.8 Å². The Morgan fingerprint density at radius 2 is 2.33 bits per heavy atom. The molecule has 5 nitrogen and oxygen atoms in total. The SMILES string of the molecule is CC(N)CC(=O)NC1CCN(c2ccc(F)c(Cl)c2)C1=O. The van der Waals surface area contributed by atoms with Crippen molar-refractivity contribution in [3.05, 3.63) is 29.0 Å². The van der Waals surface area contributed by atoms with Crippen molar-refractivity contribution < 1.29 is 14.0 Å². The molecule has 114 valence electrons. The first kappa shape index (κ1) is 15.7. The molecule has 1 aromatic carbocycles. The van der Waals surface area contributed by atoms with Crippen molar-refractivity contribution in [1.82, 2.24) is 5.32 Å². The zero-order valence-electron chi connectivity index (χ0n) is 11.6. The Bertz CT molecular complexity index is 565. The molecule has 2 unspecified atom stereocenters. The van der Waals surface area contributed by atoms with Crippen molar-refractivity contribution in [1.29, 1.82) is 0 Å². The fourth-order valence-corrected chi connectivity index (χ4v) is 2.44. The van der Waals surface area contributed by atoms with E-state index in [-0.39, 0.29) is 29.3 Å². The second-order valence-corrected chi connectivity index (χ2v) is 5.59. The van der Waals surface area contributed by atoms with E-state index >= 15 is 0 Å². The summed E-state index contributed by atoms with van der Waals surface area (Å²) in [6.45, 7) is 2.17. The van der Waals surface area contributed by atoms with Gasteiger partial charge in [-0.15, -0.1) is 0 Å². The van der Waals surface area contributed by atoms with Crippen LogP contribution in [0.25, 0.3) is 0 Å². The van der Waals surface area contributed by atoms with E-state index in [9.17, 15) is 14.0 Å². The van der Waals surface area contributed by atoms with Crippen LogP contribution in [0.5, 0.6) is 0 Å². The smallest absolute Gasteiger partial charge is 0.249 e. The molecule has 1 aliphatic heterocycles. The molecule has 7 heteroatoms. The number of amides is 2. The summed E-state index contributed by atoms with van der Waals surface area (Å²) in [6.07, 6.45) is 0.671. The van der Waals surface area contributed by atoms with Crippen LogP contribution in [0.15, 0.2) is 18.2 Å². The molecule has 0 spiro atoms. The van der Waals surface area contributed by atoms with Gasteiger partial charge in [0.25, 0.3) is 0 Å². The highest BCUT2D eigenvalue weighted by Crippen LogP contribution is 2.26. The molecule has 0 bridgehead atoms. The van der Waals surface area contributed by atoms with Gasteiger partial charge in [-0.25, -0.2) is 4.39 Å². The molecule has 0 saturated carbocycles. The first-order valence-corrected chi connectivity index (χ1v) is 7.07. The lowest BCUT2D eigenvalue weighted by atomic mass is 10.2. The predicted molar refractivity (Wildman–Crippen MR) is 78.6 cm³/mol. The summed E-state index contributed by atoms with van der Waals surface area (Å²) in [5.74, 6) is -1.01. The third-order valence-corrected chi connectivity index (χ3v) is 3.55. The first-order chi connectivity index (χ1) is 9.88. The fraction of sp³-hybridized carbons (Fsp3) is 0.429. The van der Waals surface area contributed by atoms with Crippen molar-refractivity contribution in [2.45, 2.75) is 31.8 Å². The highest BCUT2D eigenvalue weighted by molar-refractivity contribution is 6.31. The lowest BCUT2D eigenvalue weighted by Crippen LogP contribution is -2.43. The molecule has 1 fully saturated rings. The van der Waals surface area contributed by atoms with E-state index in [0.29, 0.717) is 18.7 Å². The maximum atomic E-state index is 13.1. The second kappa shape index (κ2) is 6.41. The van der Waals surface area contributed by atoms with Gasteiger partial charge >= 0.3 is 0 Å². The third-order valence-electron chi connectivity index (χ3n) is 3.26. The molecular formula is C14H17ClFN3O2. The number of anilines is 1. The monoisotopic (exact) mass is 313 g/mol. The Labute approximate surface area is 127 Å². The van der Waals surface area contributed by atoms with E-state index < -0.39 is 11.9 Å². The van der Waals surface area contributed by atoms with Gasteiger partial charge in [0.15, 0.2) is 0 Å². The summed E-state index contributed by atoms with van der Waals surface area (Å²) in [7, 11) is 0. The van der Waals surface area contributed by atoms with Gasteiger partial charge in [-0.2, -0.15) is 0 Å². The minimum Gasteiger partial charge on any atom is -0.344 e. The van der Waals surface area contributed by atoms with Crippen LogP contribution in [0.3, 0.4) is 0 Å². The maximum Gasteiger partial charge on any atom is 0.249 e. The molecule has 1 aliphatic rings. The average Bonchev–Trinajstić information content (AvgIpc) is 2.74. The van der Waals surface area contributed by atoms with Crippen LogP contribution in [-0.4, -0.2) is 30.4 Å². The van der Waals surface area contributed by atoms with Crippen LogP contribution in [0, 0.1) is 5.82 Å². The summed E-state index contributed by atoms with van der Waals surface area (Å²) >= 11 is 5.72. The summed E-state index contributed by atoms with van der Waals surface area (Å²) < 4.78 is 13.1. The second-order valence-electron chi connectivity index (χ2n) is 5.18. The van der Waals surface area contributed by atoms with Crippen LogP contribution in [-0.2, 0) is 9.59 Å². The lowest BCUT2D eigenvalue weighted by molar-refractivity contribution is -0.126. The van der Waals surface area contributed by atoms with Gasteiger partial charge in [-0.3, -0.25) is 9.59 Å². The molecule has 0 radical (unpaired) electrons. The number of rotatable bonds is 4. The molecule has 0 aliphatic carbocycles.